The number of benzene rings is 1. The predicted octanol–water partition coefficient (Wildman–Crippen LogP) is -2.71. The summed E-state index contributed by atoms with van der Waals surface area (Å²) in [4.78, 5) is 50.5. The van der Waals surface area contributed by atoms with Gasteiger partial charge in [-0.2, -0.15) is 0 Å². The number of nitrogens with zero attached hydrogens (tertiary/aromatic N) is 1. The van der Waals surface area contributed by atoms with Crippen molar-refractivity contribution in [3.05, 3.63) is 35.4 Å². The first-order chi connectivity index (χ1) is 16.2. The fraction of sp³-hybridized carbons (Fsp3) is 0.522. The number of hydroxylamine groups is 1. The molecule has 0 aliphatic rings. The first-order valence-electron chi connectivity index (χ1n) is 11.3. The van der Waals surface area contributed by atoms with Gasteiger partial charge in [0.15, 0.2) is 11.7 Å². The summed E-state index contributed by atoms with van der Waals surface area (Å²) in [6.07, 6.45) is 4.91. The first kappa shape index (κ1) is 32.5. The van der Waals surface area contributed by atoms with Gasteiger partial charge in [0.1, 0.15) is 6.04 Å². The minimum Gasteiger partial charge on any atom is -0.550 e. The predicted molar refractivity (Wildman–Crippen MR) is 123 cm³/mol. The number of Topliss-reactive ketones (excluding diaryl/α,β-unsaturated/α-hetero) is 1. The molecule has 188 valence electrons. The Morgan fingerprint density at radius 2 is 1.54 bits per heavy atom. The minimum atomic E-state index is -1.35. The van der Waals surface area contributed by atoms with E-state index in [-0.39, 0.29) is 60.7 Å². The van der Waals surface area contributed by atoms with E-state index >= 15 is 0 Å². The molecule has 7 N–H and O–H groups in total. The third-order valence-corrected chi connectivity index (χ3v) is 5.21. The molecule has 1 atom stereocenters. The van der Waals surface area contributed by atoms with Crippen LogP contribution >= 0.6 is 0 Å². The van der Waals surface area contributed by atoms with Crippen molar-refractivity contribution in [2.24, 2.45) is 16.5 Å². The van der Waals surface area contributed by atoms with Crippen LogP contribution in [0.2, 0.25) is 0 Å². The fourth-order valence-electron chi connectivity index (χ4n) is 3.39. The Hall–Kier alpha value is -2.47. The summed E-state index contributed by atoms with van der Waals surface area (Å²) in [7, 11) is 0. The average Bonchev–Trinajstić information content (AvgIpc) is 2.81. The summed E-state index contributed by atoms with van der Waals surface area (Å²) in [5.41, 5.74) is 13.6. The van der Waals surface area contributed by atoms with Crippen molar-refractivity contribution in [1.82, 2.24) is 10.8 Å². The van der Waals surface area contributed by atoms with E-state index in [2.05, 4.69) is 10.3 Å². The van der Waals surface area contributed by atoms with Gasteiger partial charge in [0, 0.05) is 24.4 Å². The van der Waals surface area contributed by atoms with Crippen LogP contribution in [-0.2, 0) is 20.9 Å². The first-order valence-corrected chi connectivity index (χ1v) is 11.3. The molecule has 0 aliphatic heterocycles. The summed E-state index contributed by atoms with van der Waals surface area (Å²) in [5.74, 6) is -2.58. The van der Waals surface area contributed by atoms with E-state index < -0.39 is 30.2 Å². The van der Waals surface area contributed by atoms with Crippen LogP contribution in [0.5, 0.6) is 0 Å². The van der Waals surface area contributed by atoms with Gasteiger partial charge in [-0.1, -0.05) is 49.9 Å². The van der Waals surface area contributed by atoms with Crippen LogP contribution in [0.15, 0.2) is 29.3 Å². The number of guanidine groups is 1. The van der Waals surface area contributed by atoms with Gasteiger partial charge in [0.25, 0.3) is 5.91 Å². The van der Waals surface area contributed by atoms with Gasteiger partial charge in [-0.05, 0) is 31.2 Å². The van der Waals surface area contributed by atoms with Gasteiger partial charge in [-0.25, -0.2) is 10.5 Å². The molecule has 0 radical (unpaired) electrons. The molecule has 2 amide bonds. The van der Waals surface area contributed by atoms with E-state index in [1.165, 1.54) is 5.48 Å². The molecule has 0 spiro atoms. The number of aliphatic imine (C=N–C) groups is 1. The minimum absolute atomic E-state index is 0. The van der Waals surface area contributed by atoms with Gasteiger partial charge in [0.2, 0.25) is 5.91 Å². The second-order valence-electron chi connectivity index (χ2n) is 7.95. The van der Waals surface area contributed by atoms with E-state index in [9.17, 15) is 24.3 Å². The number of rotatable bonds is 17. The molecule has 11 nitrogen and oxygen atoms in total. The van der Waals surface area contributed by atoms with Crippen molar-refractivity contribution in [3.8, 4) is 0 Å². The van der Waals surface area contributed by atoms with Crippen molar-refractivity contribution in [2.45, 2.75) is 76.8 Å². The van der Waals surface area contributed by atoms with Crippen LogP contribution in [-0.4, -0.2) is 40.8 Å². The third-order valence-electron chi connectivity index (χ3n) is 5.21. The van der Waals surface area contributed by atoms with Gasteiger partial charge >= 0.3 is 29.6 Å². The third kappa shape index (κ3) is 14.5. The Balaban J connectivity index is 0.0000116. The largest absolute Gasteiger partial charge is 1.00 e. The van der Waals surface area contributed by atoms with Crippen LogP contribution in [0, 0.1) is 0 Å². The SMILES string of the molecule is NC(N)=NCc1ccccc1C(=O)CCCCCCCCC(=O)NC(CCC(=O)[O-])C(=O)NO.[Na+]. The smallest absolute Gasteiger partial charge is 0.550 e. The van der Waals surface area contributed by atoms with E-state index in [0.717, 1.165) is 37.7 Å². The topological polar surface area (TPSA) is 200 Å². The Labute approximate surface area is 227 Å². The quantitative estimate of drug-likeness (QED) is 0.0289. The summed E-state index contributed by atoms with van der Waals surface area (Å²) < 4.78 is 0. The molecule has 1 aromatic rings. The van der Waals surface area contributed by atoms with E-state index in [1.807, 2.05) is 18.2 Å². The number of carbonyl (C=O) groups excluding carboxylic acids is 4. The number of carbonyl (C=O) groups is 4. The van der Waals surface area contributed by atoms with Gasteiger partial charge in [-0.3, -0.25) is 19.6 Å². The fourth-order valence-corrected chi connectivity index (χ4v) is 3.39. The molecule has 0 saturated carbocycles. The number of hydrogen-bond donors (Lipinski definition) is 5. The molecule has 0 fully saturated rings. The molecule has 1 rings (SSSR count). The molecule has 0 saturated heterocycles. The maximum Gasteiger partial charge on any atom is 1.00 e. The zero-order chi connectivity index (χ0) is 25.3. The number of nitrogens with one attached hydrogen (secondary N) is 2. The number of aliphatic carboxylic acids is 1. The van der Waals surface area contributed by atoms with Gasteiger partial charge in [0.05, 0.1) is 6.54 Å². The summed E-state index contributed by atoms with van der Waals surface area (Å²) in [5, 5.41) is 21.7. The van der Waals surface area contributed by atoms with E-state index in [0.29, 0.717) is 18.4 Å². The number of ketones is 1. The molecule has 0 aromatic heterocycles. The van der Waals surface area contributed by atoms with Gasteiger partial charge in [-0.15, -0.1) is 0 Å². The molecule has 12 heteroatoms. The molecular weight excluding hydrogens is 465 g/mol. The zero-order valence-corrected chi connectivity index (χ0v) is 22.3. The van der Waals surface area contributed by atoms with E-state index in [1.54, 1.807) is 6.07 Å². The zero-order valence-electron chi connectivity index (χ0n) is 20.3. The standard InChI is InChI=1S/C23H35N5O6.Na/c24-23(25)26-15-16-9-7-8-10-17(16)19(29)11-5-3-1-2-4-6-12-20(30)27-18(22(33)28-34)13-14-21(31)32;/h7-10,18,34H,1-6,11-15H2,(H,27,30)(H,28,33)(H,31,32)(H4,24,25,26);/q;+1/p-1. The number of unbranched alkanes of at least 4 members (excludes halogenated alkanes) is 5. The number of carboxylic acids is 1. The Kier molecular flexibility index (Phi) is 17.5. The molecule has 0 aliphatic carbocycles. The average molecular weight is 500 g/mol. The summed E-state index contributed by atoms with van der Waals surface area (Å²) >= 11 is 0. The van der Waals surface area contributed by atoms with Crippen molar-refractivity contribution in [1.29, 1.82) is 0 Å². The number of amides is 2. The monoisotopic (exact) mass is 499 g/mol. The van der Waals surface area contributed by atoms with Crippen molar-refractivity contribution < 1.29 is 59.0 Å². The van der Waals surface area contributed by atoms with Crippen LogP contribution < -0.4 is 56.9 Å². The summed E-state index contributed by atoms with van der Waals surface area (Å²) in [6, 6.07) is 6.13. The van der Waals surface area contributed by atoms with Crippen LogP contribution in [0.1, 0.15) is 80.1 Å². The maximum absolute atomic E-state index is 12.5. The molecule has 35 heavy (non-hydrogen) atoms. The second-order valence-corrected chi connectivity index (χ2v) is 7.95. The van der Waals surface area contributed by atoms with E-state index in [4.69, 9.17) is 16.7 Å². The molecule has 0 heterocycles. The normalized spacial score (nSPS) is 11.0. The molecule has 0 bridgehead atoms. The van der Waals surface area contributed by atoms with Crippen LogP contribution in [0.4, 0.5) is 0 Å². The molecular formula is C23H34N5NaO6. The van der Waals surface area contributed by atoms with Crippen molar-refractivity contribution >= 4 is 29.5 Å². The van der Waals surface area contributed by atoms with Crippen molar-refractivity contribution in [2.75, 3.05) is 0 Å². The van der Waals surface area contributed by atoms with Gasteiger partial charge < -0.3 is 26.7 Å². The van der Waals surface area contributed by atoms with Crippen LogP contribution in [0.3, 0.4) is 0 Å². The second kappa shape index (κ2) is 18.8. The number of hydrogen-bond acceptors (Lipinski definition) is 7. The Morgan fingerprint density at radius 3 is 2.14 bits per heavy atom. The number of carboxylic acid groups (broad SMARTS) is 1. The summed E-state index contributed by atoms with van der Waals surface area (Å²) in [6.45, 7) is 0.264. The number of nitrogens with two attached hydrogens (primary N) is 2. The van der Waals surface area contributed by atoms with Crippen LogP contribution in [0.25, 0.3) is 0 Å². The molecule has 1 aromatic carbocycles. The van der Waals surface area contributed by atoms with Crippen molar-refractivity contribution in [3.63, 3.8) is 0 Å². The maximum atomic E-state index is 12.5. The molecule has 1 unspecified atom stereocenters. The Bertz CT molecular complexity index is 861. The Morgan fingerprint density at radius 1 is 0.943 bits per heavy atom.